The summed E-state index contributed by atoms with van der Waals surface area (Å²) in [5.41, 5.74) is 10.6. The number of aldehydes is 1. The SMILES string of the molecule is Brc1cncc(Br)c1.CC[CH2][Sn][c]1cncc(N2CC3CC2CN3P)c1.Cc1cncc(N2CC3CC2CN3P)c1.O=Cc1cncc(N2CC3CC2CN3P)c1.PN1CC2CC1CN2.PN1CC2CC1CN2c1cncc(Br)c1.PN1CC2CC1CN2c1cncc(Br)c1.PN1CC2CC1CN2c1cncc(Br)c1.PN1CC2CC1CN2c1cncc(Br)c1. The van der Waals surface area contributed by atoms with Gasteiger partial charge in [0.1, 0.15) is 0 Å². The first-order valence-electron chi connectivity index (χ1n) is 43.3. The number of carbonyl (C=O) groups excluding carboxylic acids is 1. The molecular weight excluding hydrogens is 2220 g/mol. The first kappa shape index (κ1) is 96.4. The monoisotopic (exact) mass is 2330 g/mol. The molecule has 40 heteroatoms. The number of fused-ring (bicyclic) bond motifs is 16. The average molecular weight is 2340 g/mol. The number of rotatable bonds is 11. The van der Waals surface area contributed by atoms with E-state index in [1.165, 1.54) is 135 Å². The van der Waals surface area contributed by atoms with Gasteiger partial charge in [-0.3, -0.25) is 72.4 Å². The minimum Gasteiger partial charge on any atom is -0.364 e. The van der Waals surface area contributed by atoms with Gasteiger partial charge in [-0.25, -0.2) is 0 Å². The van der Waals surface area contributed by atoms with Crippen LogP contribution in [0.4, 0.5) is 39.8 Å². The van der Waals surface area contributed by atoms with Crippen LogP contribution in [0.5, 0.6) is 0 Å². The Kier molecular flexibility index (Phi) is 34.5. The first-order chi connectivity index (χ1) is 60.4. The van der Waals surface area contributed by atoms with E-state index in [2.05, 4.69) is 350 Å². The molecule has 1 N–H and O–H groups in total. The predicted octanol–water partition coefficient (Wildman–Crippen LogP) is 13.7. The number of aryl methyl sites for hydroxylation is 1. The third kappa shape index (κ3) is 24.4. The third-order valence-corrected chi connectivity index (χ3v) is 38.6. The molecule has 0 saturated carbocycles. The van der Waals surface area contributed by atoms with Crippen molar-refractivity contribution in [1.29, 1.82) is 0 Å². The molecule has 16 fully saturated rings. The summed E-state index contributed by atoms with van der Waals surface area (Å²) in [5.74, 6) is 0. The van der Waals surface area contributed by atoms with Gasteiger partial charge in [-0.1, -0.05) is 65.7 Å². The molecule has 8 aromatic rings. The molecule has 24 heterocycles. The predicted molar refractivity (Wildman–Crippen MR) is 559 cm³/mol. The summed E-state index contributed by atoms with van der Waals surface area (Å²) in [7, 11) is 22.6. The summed E-state index contributed by atoms with van der Waals surface area (Å²) in [6.07, 6.45) is 42.7. The maximum absolute atomic E-state index is 10.7. The van der Waals surface area contributed by atoms with Crippen molar-refractivity contribution in [3.8, 4) is 0 Å². The van der Waals surface area contributed by atoms with Crippen LogP contribution in [-0.2, 0) is 0 Å². The molecular formula is C85H116Br6N24OP8Sn. The normalized spacial score (nSPS) is 29.2. The van der Waals surface area contributed by atoms with E-state index in [0.717, 1.165) is 135 Å². The minimum atomic E-state index is -0.365. The fourth-order valence-electron chi connectivity index (χ4n) is 20.6. The topological polar surface area (TPSA) is 181 Å². The van der Waals surface area contributed by atoms with Gasteiger partial charge >= 0.3 is 122 Å². The Morgan fingerprint density at radius 1 is 0.312 bits per heavy atom. The Morgan fingerprint density at radius 2 is 0.576 bits per heavy atom. The summed E-state index contributed by atoms with van der Waals surface area (Å²) in [6.45, 7) is 22.8. The molecule has 0 amide bonds. The molecule has 16 aliphatic heterocycles. The third-order valence-electron chi connectivity index (χ3n) is 26.9. The van der Waals surface area contributed by atoms with Crippen LogP contribution >= 0.6 is 171 Å². The van der Waals surface area contributed by atoms with Crippen molar-refractivity contribution in [3.63, 3.8) is 0 Å². The van der Waals surface area contributed by atoms with Gasteiger partial charge < -0.3 is 34.7 Å². The van der Waals surface area contributed by atoms with E-state index >= 15 is 0 Å². The summed E-state index contributed by atoms with van der Waals surface area (Å²) in [5, 5.41) is 3.43. The zero-order valence-electron chi connectivity index (χ0n) is 70.6. The van der Waals surface area contributed by atoms with E-state index in [9.17, 15) is 4.79 Å². The van der Waals surface area contributed by atoms with Gasteiger partial charge in [0.25, 0.3) is 0 Å². The maximum Gasteiger partial charge on any atom is 0.151 e. The summed E-state index contributed by atoms with van der Waals surface area (Å²) >= 11 is 20.1. The Balaban J connectivity index is 0.000000105. The number of nitrogens with zero attached hydrogens (tertiary/aromatic N) is 23. The van der Waals surface area contributed by atoms with Crippen LogP contribution in [0.2, 0.25) is 4.44 Å². The van der Waals surface area contributed by atoms with Gasteiger partial charge in [-0.05, 0) is 195 Å². The number of halogens is 6. The Labute approximate surface area is 818 Å². The Morgan fingerprint density at radius 3 is 0.800 bits per heavy atom. The second-order valence-corrected chi connectivity index (χ2v) is 50.3. The molecule has 0 aliphatic carbocycles. The van der Waals surface area contributed by atoms with Crippen molar-refractivity contribution in [2.75, 3.05) is 139 Å². The standard InChI is InChI=1S/C11H14N3OP.C11H16N3P.4C10H13BrN3P.C10H13N3P.C5H3Br2N.C5H11N2P.C3H7.Sn/c15-7-8-1-9(4-12-3-8)13-5-11-2-10(13)6-14(11)16;1-8-2-9(5-12-4-8)13-6-11-3-10(13)7-14(11)15;4*11-7-1-8(4-12-3-7)13-5-10-2-9(13)6-14(10)15;14-13-7-9-4-10(13)6-12(9)8-2-1-3-11-5-8;6-4-1-5(7)3-8-2-4;8-7-3-4-1-5(7)2-6-4;1-3-2;/h1,3-4,7,10-11H,2,5-6,16H2;2,4-5,10-11H,3,6-7,15H2,1H3;4*1,3-4,9-10H,2,5-6,15H2;2-3,5,9-10H,4,6-7,14H2;1-3H;4-6H,1-3,8H2;1,3H2,2H3;. The number of nitrogens with one attached hydrogen (secondary N) is 1. The summed E-state index contributed by atoms with van der Waals surface area (Å²) in [4.78, 5) is 61.7. The summed E-state index contributed by atoms with van der Waals surface area (Å²) < 4.78 is 28.3. The van der Waals surface area contributed by atoms with Crippen molar-refractivity contribution in [2.24, 2.45) is 0 Å². The van der Waals surface area contributed by atoms with Crippen LogP contribution < -0.4 is 43.2 Å². The number of aromatic nitrogens is 8. The molecule has 2 radical (unpaired) electrons. The molecule has 125 heavy (non-hydrogen) atoms. The Hall–Kier alpha value is -1.77. The molecule has 24 rings (SSSR count). The van der Waals surface area contributed by atoms with Crippen molar-refractivity contribution in [2.45, 2.75) is 173 Å². The number of hydrogen-bond acceptors (Lipinski definition) is 25. The van der Waals surface area contributed by atoms with Gasteiger partial charge in [0.15, 0.2) is 6.29 Å². The van der Waals surface area contributed by atoms with Crippen LogP contribution in [0.1, 0.15) is 80.6 Å². The fraction of sp³-hybridized carbons (Fsp3) is 0.518. The van der Waals surface area contributed by atoms with Crippen molar-refractivity contribution in [1.82, 2.24) is 82.6 Å². The van der Waals surface area contributed by atoms with Crippen LogP contribution in [0, 0.1) is 6.92 Å². The van der Waals surface area contributed by atoms with E-state index in [1.807, 2.05) is 80.3 Å². The number of carbonyl (C=O) groups is 1. The number of hydrogen-bond donors (Lipinski definition) is 1. The number of anilines is 7. The van der Waals surface area contributed by atoms with Gasteiger partial charge in [-0.15, -0.1) is 0 Å². The number of pyridine rings is 8. The number of piperazine rings is 8. The molecule has 0 aromatic carbocycles. The smallest absolute Gasteiger partial charge is 0.151 e. The molecule has 16 aliphatic rings. The van der Waals surface area contributed by atoms with E-state index in [4.69, 9.17) is 0 Å². The second kappa shape index (κ2) is 44.8. The zero-order chi connectivity index (χ0) is 87.3. The second-order valence-electron chi connectivity index (χ2n) is 35.4. The van der Waals surface area contributed by atoms with Crippen LogP contribution in [0.25, 0.3) is 0 Å². The molecule has 24 unspecified atom stereocenters. The van der Waals surface area contributed by atoms with E-state index in [-0.39, 0.29) is 21.1 Å². The van der Waals surface area contributed by atoms with Crippen molar-refractivity contribution < 1.29 is 4.79 Å². The minimum absolute atomic E-state index is 0.365. The van der Waals surface area contributed by atoms with Gasteiger partial charge in [0.2, 0.25) is 0 Å². The molecule has 0 spiro atoms. The maximum atomic E-state index is 10.7. The van der Waals surface area contributed by atoms with E-state index in [1.54, 1.807) is 22.2 Å². The van der Waals surface area contributed by atoms with Gasteiger partial charge in [0.05, 0.1) is 71.3 Å². The summed E-state index contributed by atoms with van der Waals surface area (Å²) in [6, 6.07) is 28.3. The van der Waals surface area contributed by atoms with Gasteiger partial charge in [-0.2, -0.15) is 0 Å². The molecule has 16 saturated heterocycles. The van der Waals surface area contributed by atoms with E-state index < -0.39 is 0 Å². The largest absolute Gasteiger partial charge is 0.364 e. The molecule has 8 aromatic heterocycles. The van der Waals surface area contributed by atoms with Crippen LogP contribution in [-0.4, -0.2) is 306 Å². The Bertz CT molecular complexity index is 4480. The zero-order valence-corrected chi connectivity index (χ0v) is 92.2. The van der Waals surface area contributed by atoms with Gasteiger partial charge in [0, 0.05) is 258 Å². The quantitative estimate of drug-likeness (QED) is 0.0733. The van der Waals surface area contributed by atoms with Crippen molar-refractivity contribution in [3.05, 3.63) is 186 Å². The molecule has 25 nitrogen and oxygen atoms in total. The molecule has 24 atom stereocenters. The van der Waals surface area contributed by atoms with Crippen LogP contribution in [0.3, 0.4) is 0 Å². The molecule has 16 bridgehead atoms. The molecule has 668 valence electrons. The first-order valence-corrected chi connectivity index (χ1v) is 55.6. The van der Waals surface area contributed by atoms with E-state index in [0.29, 0.717) is 78.1 Å². The van der Waals surface area contributed by atoms with Crippen molar-refractivity contribution >= 4 is 242 Å². The fourth-order valence-corrected chi connectivity index (χ4v) is 29.5. The van der Waals surface area contributed by atoms with Crippen LogP contribution in [0.15, 0.2) is 175 Å². The average Bonchev–Trinajstić information content (AvgIpc) is 1.68.